The zero-order valence-electron chi connectivity index (χ0n) is 13.7. The van der Waals surface area contributed by atoms with Crippen molar-refractivity contribution in [3.8, 4) is 0 Å². The molecule has 0 atom stereocenters. The highest BCUT2D eigenvalue weighted by Crippen LogP contribution is 2.30. The van der Waals surface area contributed by atoms with Crippen molar-refractivity contribution < 1.29 is 18.0 Å². The van der Waals surface area contributed by atoms with Gasteiger partial charge in [0.1, 0.15) is 5.82 Å². The van der Waals surface area contributed by atoms with Crippen LogP contribution in [0.5, 0.6) is 0 Å². The Bertz CT molecular complexity index is 959. The summed E-state index contributed by atoms with van der Waals surface area (Å²) in [6.45, 7) is 0. The molecule has 8 heteroatoms. The van der Waals surface area contributed by atoms with Crippen LogP contribution in [0.2, 0.25) is 0 Å². The Labute approximate surface area is 161 Å². The van der Waals surface area contributed by atoms with Gasteiger partial charge in [-0.15, -0.1) is 0 Å². The SMILES string of the molecule is O=C(Nc1cccc(Br)c1)c1cccnc1Nc1ccc(C(F)(F)F)cc1. The van der Waals surface area contributed by atoms with Crippen LogP contribution in [0.3, 0.4) is 0 Å². The summed E-state index contributed by atoms with van der Waals surface area (Å²) in [4.78, 5) is 16.7. The van der Waals surface area contributed by atoms with Gasteiger partial charge in [0.25, 0.3) is 5.91 Å². The molecule has 0 saturated carbocycles. The van der Waals surface area contributed by atoms with Crippen LogP contribution in [0.1, 0.15) is 15.9 Å². The van der Waals surface area contributed by atoms with E-state index in [1.807, 2.05) is 6.07 Å². The van der Waals surface area contributed by atoms with E-state index in [4.69, 9.17) is 0 Å². The summed E-state index contributed by atoms with van der Waals surface area (Å²) in [5, 5.41) is 5.64. The number of nitrogens with zero attached hydrogens (tertiary/aromatic N) is 1. The average molecular weight is 436 g/mol. The third-order valence-corrected chi connectivity index (χ3v) is 4.10. The van der Waals surface area contributed by atoms with E-state index in [1.165, 1.54) is 18.3 Å². The summed E-state index contributed by atoms with van der Waals surface area (Å²) in [6.07, 6.45) is -2.92. The zero-order chi connectivity index (χ0) is 19.4. The molecular formula is C19H13BrF3N3O. The number of anilines is 3. The van der Waals surface area contributed by atoms with Crippen molar-refractivity contribution in [2.24, 2.45) is 0 Å². The van der Waals surface area contributed by atoms with Crippen molar-refractivity contribution >= 4 is 39.0 Å². The molecule has 1 amide bonds. The first kappa shape index (κ1) is 18.9. The minimum Gasteiger partial charge on any atom is -0.340 e. The van der Waals surface area contributed by atoms with Crippen LogP contribution in [-0.2, 0) is 6.18 Å². The lowest BCUT2D eigenvalue weighted by atomic mass is 10.2. The lowest BCUT2D eigenvalue weighted by Gasteiger charge is -2.12. The number of hydrogen-bond acceptors (Lipinski definition) is 3. The largest absolute Gasteiger partial charge is 0.416 e. The summed E-state index contributed by atoms with van der Waals surface area (Å²) in [7, 11) is 0. The van der Waals surface area contributed by atoms with Gasteiger partial charge in [-0.05, 0) is 54.6 Å². The summed E-state index contributed by atoms with van der Waals surface area (Å²) >= 11 is 3.33. The molecule has 0 aliphatic heterocycles. The molecule has 3 aromatic rings. The number of benzene rings is 2. The molecule has 0 saturated heterocycles. The minimum atomic E-state index is -4.40. The molecule has 0 spiro atoms. The number of carbonyl (C=O) groups excluding carboxylic acids is 1. The second-order valence-electron chi connectivity index (χ2n) is 5.56. The van der Waals surface area contributed by atoms with Gasteiger partial charge in [0, 0.05) is 22.0 Å². The average Bonchev–Trinajstić information content (AvgIpc) is 2.62. The second-order valence-corrected chi connectivity index (χ2v) is 6.48. The fraction of sp³-hybridized carbons (Fsp3) is 0.0526. The molecule has 2 N–H and O–H groups in total. The van der Waals surface area contributed by atoms with Crippen molar-refractivity contribution in [2.45, 2.75) is 6.18 Å². The van der Waals surface area contributed by atoms with Crippen molar-refractivity contribution in [3.05, 3.63) is 82.5 Å². The number of rotatable bonds is 4. The number of amides is 1. The van der Waals surface area contributed by atoms with Gasteiger partial charge in [-0.3, -0.25) is 4.79 Å². The molecule has 2 aromatic carbocycles. The van der Waals surface area contributed by atoms with Crippen molar-refractivity contribution in [1.29, 1.82) is 0 Å². The molecular weight excluding hydrogens is 423 g/mol. The predicted molar refractivity (Wildman–Crippen MR) is 101 cm³/mol. The summed E-state index contributed by atoms with van der Waals surface area (Å²) < 4.78 is 38.8. The van der Waals surface area contributed by atoms with E-state index < -0.39 is 17.6 Å². The lowest BCUT2D eigenvalue weighted by Crippen LogP contribution is -2.14. The molecule has 0 fully saturated rings. The Kier molecular flexibility index (Phi) is 5.46. The lowest BCUT2D eigenvalue weighted by molar-refractivity contribution is -0.137. The molecule has 0 radical (unpaired) electrons. The molecule has 27 heavy (non-hydrogen) atoms. The third-order valence-electron chi connectivity index (χ3n) is 3.61. The van der Waals surface area contributed by atoms with E-state index in [-0.39, 0.29) is 11.4 Å². The van der Waals surface area contributed by atoms with Crippen LogP contribution in [0.15, 0.2) is 71.3 Å². The second kappa shape index (κ2) is 7.79. The molecule has 0 unspecified atom stereocenters. The first-order chi connectivity index (χ1) is 12.8. The fourth-order valence-corrected chi connectivity index (χ4v) is 2.73. The molecule has 1 aromatic heterocycles. The van der Waals surface area contributed by atoms with E-state index in [0.717, 1.165) is 16.6 Å². The molecule has 3 rings (SSSR count). The van der Waals surface area contributed by atoms with E-state index in [1.54, 1.807) is 30.3 Å². The quantitative estimate of drug-likeness (QED) is 0.539. The van der Waals surface area contributed by atoms with Gasteiger partial charge in [0.15, 0.2) is 0 Å². The minimum absolute atomic E-state index is 0.241. The van der Waals surface area contributed by atoms with Crippen LogP contribution in [0, 0.1) is 0 Å². The van der Waals surface area contributed by atoms with E-state index >= 15 is 0 Å². The molecule has 4 nitrogen and oxygen atoms in total. The van der Waals surface area contributed by atoms with Gasteiger partial charge in [-0.25, -0.2) is 4.98 Å². The highest BCUT2D eigenvalue weighted by Gasteiger charge is 2.30. The smallest absolute Gasteiger partial charge is 0.340 e. The van der Waals surface area contributed by atoms with Crippen molar-refractivity contribution in [1.82, 2.24) is 4.98 Å². The molecule has 138 valence electrons. The van der Waals surface area contributed by atoms with E-state index in [2.05, 4.69) is 31.5 Å². The monoisotopic (exact) mass is 435 g/mol. The predicted octanol–water partition coefficient (Wildman–Crippen LogP) is 5.86. The Morgan fingerprint density at radius 2 is 1.70 bits per heavy atom. The van der Waals surface area contributed by atoms with Gasteiger partial charge in [0.2, 0.25) is 0 Å². The highest BCUT2D eigenvalue weighted by molar-refractivity contribution is 9.10. The number of pyridine rings is 1. The van der Waals surface area contributed by atoms with Crippen LogP contribution < -0.4 is 10.6 Å². The first-order valence-corrected chi connectivity index (χ1v) is 8.58. The summed E-state index contributed by atoms with van der Waals surface area (Å²) in [6, 6.07) is 14.8. The summed E-state index contributed by atoms with van der Waals surface area (Å²) in [5.74, 6) is -0.152. The Morgan fingerprint density at radius 3 is 2.37 bits per heavy atom. The van der Waals surface area contributed by atoms with E-state index in [9.17, 15) is 18.0 Å². The maximum absolute atomic E-state index is 12.7. The Balaban J connectivity index is 1.80. The summed E-state index contributed by atoms with van der Waals surface area (Å²) in [5.41, 5.74) is 0.496. The number of alkyl halides is 3. The maximum Gasteiger partial charge on any atom is 0.416 e. The standard InChI is InChI=1S/C19H13BrF3N3O/c20-13-3-1-4-15(11-13)26-18(27)16-5-2-10-24-17(16)25-14-8-6-12(7-9-14)19(21,22)23/h1-11H,(H,24,25)(H,26,27). The van der Waals surface area contributed by atoms with Gasteiger partial charge in [0.05, 0.1) is 11.1 Å². The van der Waals surface area contributed by atoms with Crippen molar-refractivity contribution in [2.75, 3.05) is 10.6 Å². The molecule has 1 heterocycles. The number of halogens is 4. The maximum atomic E-state index is 12.7. The highest BCUT2D eigenvalue weighted by atomic mass is 79.9. The van der Waals surface area contributed by atoms with E-state index in [0.29, 0.717) is 11.4 Å². The first-order valence-electron chi connectivity index (χ1n) is 7.79. The molecule has 0 bridgehead atoms. The fourth-order valence-electron chi connectivity index (χ4n) is 2.33. The third kappa shape index (κ3) is 4.85. The zero-order valence-corrected chi connectivity index (χ0v) is 15.3. The topological polar surface area (TPSA) is 54.0 Å². The number of hydrogen-bond donors (Lipinski definition) is 2. The van der Waals surface area contributed by atoms with Crippen LogP contribution in [0.25, 0.3) is 0 Å². The van der Waals surface area contributed by atoms with Gasteiger partial charge in [-0.2, -0.15) is 13.2 Å². The van der Waals surface area contributed by atoms with Gasteiger partial charge in [-0.1, -0.05) is 22.0 Å². The van der Waals surface area contributed by atoms with Crippen molar-refractivity contribution in [3.63, 3.8) is 0 Å². The molecule has 0 aliphatic rings. The van der Waals surface area contributed by atoms with Crippen LogP contribution in [-0.4, -0.2) is 10.9 Å². The van der Waals surface area contributed by atoms with Gasteiger partial charge >= 0.3 is 6.18 Å². The van der Waals surface area contributed by atoms with Crippen LogP contribution >= 0.6 is 15.9 Å². The molecule has 0 aliphatic carbocycles. The van der Waals surface area contributed by atoms with Crippen LogP contribution in [0.4, 0.5) is 30.4 Å². The number of aromatic nitrogens is 1. The Morgan fingerprint density at radius 1 is 0.963 bits per heavy atom. The van der Waals surface area contributed by atoms with Gasteiger partial charge < -0.3 is 10.6 Å². The number of nitrogens with one attached hydrogen (secondary N) is 2. The Hall–Kier alpha value is -2.87. The number of carbonyl (C=O) groups is 1. The normalized spacial score (nSPS) is 11.1.